The minimum Gasteiger partial charge on any atom is -0.480 e. The zero-order chi connectivity index (χ0) is 21.3. The fraction of sp³-hybridized carbons (Fsp3) is 0.318. The highest BCUT2D eigenvalue weighted by atomic mass is 79.9. The van der Waals surface area contributed by atoms with Crippen molar-refractivity contribution in [3.63, 3.8) is 0 Å². The van der Waals surface area contributed by atoms with Crippen LogP contribution in [-0.4, -0.2) is 38.7 Å². The molecule has 1 aliphatic carbocycles. The number of carboxylic acid groups (broad SMARTS) is 1. The SMILES string of the molecule is O=C(O)[C@H](Cc1c[nH]c2cnccc12)NC(=O)[C@@H](CS)[C@H]1CCc2cc(Br)ccc21. The molecule has 8 heteroatoms. The van der Waals surface area contributed by atoms with Crippen LogP contribution in [0.3, 0.4) is 0 Å². The fourth-order valence-electron chi connectivity index (χ4n) is 4.33. The van der Waals surface area contributed by atoms with Gasteiger partial charge >= 0.3 is 5.97 Å². The van der Waals surface area contributed by atoms with Crippen LogP contribution in [0.2, 0.25) is 0 Å². The van der Waals surface area contributed by atoms with Gasteiger partial charge in [0.05, 0.1) is 17.6 Å². The van der Waals surface area contributed by atoms with Gasteiger partial charge in [-0.25, -0.2) is 4.79 Å². The Hall–Kier alpha value is -2.32. The molecule has 0 saturated heterocycles. The van der Waals surface area contributed by atoms with E-state index in [2.05, 4.69) is 56.0 Å². The number of hydrogen-bond acceptors (Lipinski definition) is 4. The van der Waals surface area contributed by atoms with E-state index in [0.29, 0.717) is 5.75 Å². The van der Waals surface area contributed by atoms with Crippen LogP contribution in [0.4, 0.5) is 0 Å². The van der Waals surface area contributed by atoms with Gasteiger partial charge in [0.1, 0.15) is 6.04 Å². The molecular formula is C22H22BrN3O3S. The van der Waals surface area contributed by atoms with Crippen LogP contribution >= 0.6 is 28.6 Å². The average Bonchev–Trinajstić information content (AvgIpc) is 3.32. The number of nitrogens with one attached hydrogen (secondary N) is 2. The van der Waals surface area contributed by atoms with Gasteiger partial charge in [0.15, 0.2) is 0 Å². The molecule has 3 atom stereocenters. The van der Waals surface area contributed by atoms with Crippen LogP contribution in [0, 0.1) is 5.92 Å². The van der Waals surface area contributed by atoms with Crippen molar-refractivity contribution in [2.24, 2.45) is 5.92 Å². The molecule has 0 unspecified atom stereocenters. The van der Waals surface area contributed by atoms with Crippen molar-refractivity contribution >= 4 is 51.3 Å². The third-order valence-corrected chi connectivity index (χ3v) is 6.74. The van der Waals surface area contributed by atoms with Crippen LogP contribution in [-0.2, 0) is 22.4 Å². The maximum absolute atomic E-state index is 13.1. The van der Waals surface area contributed by atoms with E-state index in [1.807, 2.05) is 12.1 Å². The minimum atomic E-state index is -1.06. The standard InChI is InChI=1S/C22H22BrN3O3S/c23-14-2-4-15-12(7-14)1-3-17(15)18(11-30)21(27)26-19(22(28)29)8-13-9-25-20-10-24-6-5-16(13)20/h2,4-7,9-10,17-19,25,30H,1,3,8,11H2,(H,26,27)(H,28,29)/t17-,18-,19-/m0/s1. The number of benzene rings is 1. The second-order valence-electron chi connectivity index (χ2n) is 7.62. The summed E-state index contributed by atoms with van der Waals surface area (Å²) >= 11 is 7.92. The van der Waals surface area contributed by atoms with E-state index in [-0.39, 0.29) is 24.2 Å². The zero-order valence-electron chi connectivity index (χ0n) is 16.1. The van der Waals surface area contributed by atoms with Crippen LogP contribution in [0.1, 0.15) is 29.0 Å². The quantitative estimate of drug-likeness (QED) is 0.382. The Kier molecular flexibility index (Phi) is 6.15. The highest BCUT2D eigenvalue weighted by Gasteiger charge is 2.35. The number of hydrogen-bond donors (Lipinski definition) is 4. The number of amides is 1. The number of rotatable bonds is 7. The molecule has 0 saturated carbocycles. The lowest BCUT2D eigenvalue weighted by atomic mass is 9.87. The summed E-state index contributed by atoms with van der Waals surface area (Å²) < 4.78 is 1.02. The number of nitrogens with zero attached hydrogens (tertiary/aromatic N) is 1. The summed E-state index contributed by atoms with van der Waals surface area (Å²) in [6, 6.07) is 6.95. The van der Waals surface area contributed by atoms with Gasteiger partial charge in [0, 0.05) is 34.4 Å². The lowest BCUT2D eigenvalue weighted by molar-refractivity contribution is -0.142. The summed E-state index contributed by atoms with van der Waals surface area (Å²) in [4.78, 5) is 32.2. The maximum Gasteiger partial charge on any atom is 0.326 e. The number of aliphatic carboxylic acids is 1. The third-order valence-electron chi connectivity index (χ3n) is 5.86. The molecule has 0 bridgehead atoms. The fourth-order valence-corrected chi connectivity index (χ4v) is 5.16. The molecule has 2 heterocycles. The predicted molar refractivity (Wildman–Crippen MR) is 122 cm³/mol. The van der Waals surface area contributed by atoms with Crippen molar-refractivity contribution in [2.75, 3.05) is 5.75 Å². The Labute approximate surface area is 188 Å². The molecular weight excluding hydrogens is 466 g/mol. The monoisotopic (exact) mass is 487 g/mol. The number of pyridine rings is 1. The van der Waals surface area contributed by atoms with Crippen LogP contribution < -0.4 is 5.32 Å². The summed E-state index contributed by atoms with van der Waals surface area (Å²) in [5.41, 5.74) is 4.06. The number of fused-ring (bicyclic) bond motifs is 2. The van der Waals surface area contributed by atoms with E-state index in [1.165, 1.54) is 5.56 Å². The molecule has 0 radical (unpaired) electrons. The first-order chi connectivity index (χ1) is 14.5. The van der Waals surface area contributed by atoms with Crippen molar-refractivity contribution < 1.29 is 14.7 Å². The number of aromatic amines is 1. The lowest BCUT2D eigenvalue weighted by Crippen LogP contribution is -2.46. The van der Waals surface area contributed by atoms with E-state index in [9.17, 15) is 14.7 Å². The molecule has 0 fully saturated rings. The van der Waals surface area contributed by atoms with Crippen LogP contribution in [0.15, 0.2) is 47.3 Å². The van der Waals surface area contributed by atoms with Crippen molar-refractivity contribution in [2.45, 2.75) is 31.2 Å². The highest BCUT2D eigenvalue weighted by Crippen LogP contribution is 2.40. The third kappa shape index (κ3) is 4.11. The molecule has 4 rings (SSSR count). The van der Waals surface area contributed by atoms with Gasteiger partial charge in [0.2, 0.25) is 5.91 Å². The first-order valence-corrected chi connectivity index (χ1v) is 11.2. The van der Waals surface area contributed by atoms with Gasteiger partial charge in [-0.15, -0.1) is 0 Å². The number of aromatic nitrogens is 2. The first-order valence-electron chi connectivity index (χ1n) is 9.80. The number of halogens is 1. The Morgan fingerprint density at radius 3 is 2.97 bits per heavy atom. The Morgan fingerprint density at radius 2 is 2.20 bits per heavy atom. The summed E-state index contributed by atoms with van der Waals surface area (Å²) in [7, 11) is 0. The molecule has 1 amide bonds. The normalized spacial score (nSPS) is 17.5. The van der Waals surface area contributed by atoms with E-state index in [1.54, 1.807) is 18.6 Å². The minimum absolute atomic E-state index is 0.0409. The van der Waals surface area contributed by atoms with E-state index in [4.69, 9.17) is 0 Å². The smallest absolute Gasteiger partial charge is 0.326 e. The molecule has 0 spiro atoms. The van der Waals surface area contributed by atoms with Gasteiger partial charge in [0.25, 0.3) is 0 Å². The zero-order valence-corrected chi connectivity index (χ0v) is 18.6. The number of aryl methyl sites for hydroxylation is 1. The largest absolute Gasteiger partial charge is 0.480 e. The van der Waals surface area contributed by atoms with Crippen molar-refractivity contribution in [1.82, 2.24) is 15.3 Å². The number of carbonyl (C=O) groups is 2. The van der Waals surface area contributed by atoms with Gasteiger partial charge in [-0.05, 0) is 53.6 Å². The molecule has 3 N–H and O–H groups in total. The average molecular weight is 488 g/mol. The van der Waals surface area contributed by atoms with Gasteiger partial charge in [-0.2, -0.15) is 12.6 Å². The second kappa shape index (κ2) is 8.81. The van der Waals surface area contributed by atoms with E-state index >= 15 is 0 Å². The summed E-state index contributed by atoms with van der Waals surface area (Å²) in [6.07, 6.45) is 7.09. The van der Waals surface area contributed by atoms with Gasteiger partial charge in [-0.3, -0.25) is 9.78 Å². The van der Waals surface area contributed by atoms with Gasteiger partial charge < -0.3 is 15.4 Å². The molecule has 0 aliphatic heterocycles. The Morgan fingerprint density at radius 1 is 1.37 bits per heavy atom. The maximum atomic E-state index is 13.1. The molecule has 156 valence electrons. The highest BCUT2D eigenvalue weighted by molar-refractivity contribution is 9.10. The molecule has 6 nitrogen and oxygen atoms in total. The summed E-state index contributed by atoms with van der Waals surface area (Å²) in [5, 5.41) is 13.4. The van der Waals surface area contributed by atoms with Crippen molar-refractivity contribution in [1.29, 1.82) is 0 Å². The van der Waals surface area contributed by atoms with Crippen LogP contribution in [0.5, 0.6) is 0 Å². The molecule has 2 aromatic heterocycles. The molecule has 30 heavy (non-hydrogen) atoms. The van der Waals surface area contributed by atoms with Gasteiger partial charge in [-0.1, -0.05) is 22.0 Å². The predicted octanol–water partition coefficient (Wildman–Crippen LogP) is 3.71. The topological polar surface area (TPSA) is 95.1 Å². The first kappa shape index (κ1) is 20.9. The van der Waals surface area contributed by atoms with E-state index < -0.39 is 12.0 Å². The number of carbonyl (C=O) groups excluding carboxylic acids is 1. The van der Waals surface area contributed by atoms with Crippen molar-refractivity contribution in [3.05, 3.63) is 64.0 Å². The number of thiol groups is 1. The summed E-state index contributed by atoms with van der Waals surface area (Å²) in [6.45, 7) is 0. The number of carboxylic acids is 1. The van der Waals surface area contributed by atoms with Crippen molar-refractivity contribution in [3.8, 4) is 0 Å². The van der Waals surface area contributed by atoms with Crippen LogP contribution in [0.25, 0.3) is 10.9 Å². The van der Waals surface area contributed by atoms with E-state index in [0.717, 1.165) is 39.3 Å². The second-order valence-corrected chi connectivity index (χ2v) is 8.90. The molecule has 1 aliphatic rings. The molecule has 3 aromatic rings. The number of H-pyrrole nitrogens is 1. The Balaban J connectivity index is 1.52. The Bertz CT molecular complexity index is 1100. The lowest BCUT2D eigenvalue weighted by Gasteiger charge is -2.24. The molecule has 1 aromatic carbocycles. The summed E-state index contributed by atoms with van der Waals surface area (Å²) in [5.74, 6) is -1.30.